The van der Waals surface area contributed by atoms with Gasteiger partial charge in [0.25, 0.3) is 0 Å². The predicted molar refractivity (Wildman–Crippen MR) is 544 cm³/mol. The molecule has 25 heteroatoms. The van der Waals surface area contributed by atoms with Crippen molar-refractivity contribution in [3.8, 4) is 0 Å². The van der Waals surface area contributed by atoms with E-state index in [1.54, 1.807) is 105 Å². The first kappa shape index (κ1) is 164. The van der Waals surface area contributed by atoms with Gasteiger partial charge in [0, 0.05) is 262 Å². The average Bonchev–Trinajstić information content (AvgIpc) is 1.69. The van der Waals surface area contributed by atoms with E-state index in [0.29, 0.717) is 5.56 Å². The zero-order valence-electron chi connectivity index (χ0n) is 82.9. The third kappa shape index (κ3) is 126. The summed E-state index contributed by atoms with van der Waals surface area (Å²) in [6, 6.07) is 69.5. The Morgan fingerprint density at radius 2 is 0.620 bits per heavy atom. The monoisotopic (exact) mass is 2120 g/mol. The van der Waals surface area contributed by atoms with Gasteiger partial charge in [0.1, 0.15) is 17.4 Å². The van der Waals surface area contributed by atoms with E-state index in [-0.39, 0.29) is 164 Å². The van der Waals surface area contributed by atoms with Crippen LogP contribution in [-0.2, 0) is 164 Å². The first-order chi connectivity index (χ1) is 61.5. The Labute approximate surface area is 909 Å². The third-order valence-corrected chi connectivity index (χ3v) is 10.1. The van der Waals surface area contributed by atoms with E-state index in [1.807, 2.05) is 370 Å². The van der Waals surface area contributed by atoms with Gasteiger partial charge in [-0.05, 0) is 83.6 Å². The van der Waals surface area contributed by atoms with Gasteiger partial charge in [-0.3, -0.25) is 53.8 Å². The summed E-state index contributed by atoms with van der Waals surface area (Å²) >= 11 is 0. The van der Waals surface area contributed by atoms with Gasteiger partial charge in [-0.2, -0.15) is 65.4 Å². The summed E-state index contributed by atoms with van der Waals surface area (Å²) in [5.41, 5.74) is 6.44. The topological polar surface area (TPSA) is 282 Å². The van der Waals surface area contributed by atoms with Crippen LogP contribution in [0.5, 0.6) is 0 Å². The van der Waals surface area contributed by atoms with Crippen molar-refractivity contribution >= 4 is 69.0 Å². The molecule has 15 aromatic rings. The van der Waals surface area contributed by atoms with Crippen molar-refractivity contribution in [1.29, 1.82) is 0 Å². The molecule has 691 valence electrons. The number of aromatic nitrogens is 17. The van der Waals surface area contributed by atoms with E-state index < -0.39 is 0 Å². The molecule has 0 aliphatic heterocycles. The second-order valence-corrected chi connectivity index (χ2v) is 16.6. The van der Waals surface area contributed by atoms with Gasteiger partial charge in [0.2, 0.25) is 0 Å². The van der Waals surface area contributed by atoms with E-state index in [0.717, 1.165) is 57.9 Å². The predicted octanol–water partition coefficient (Wildman–Crippen LogP) is 29.2. The normalized spacial score (nSPS) is 7.01. The molecule has 5 radical (unpaired) electrons. The average molecular weight is 2130 g/mol. The second kappa shape index (κ2) is 170. The van der Waals surface area contributed by atoms with E-state index in [2.05, 4.69) is 147 Å². The molecule has 9 aromatic heterocycles. The number of H-pyrrole nitrogens is 2. The minimum Gasteiger partial charge on any atom is -0.911 e. The van der Waals surface area contributed by atoms with Crippen LogP contribution >= 0.6 is 0 Å². The molecule has 0 saturated heterocycles. The van der Waals surface area contributed by atoms with Gasteiger partial charge in [-0.25, -0.2) is 22.1 Å². The number of rotatable bonds is 5. The Balaban J connectivity index is -0.0000000632. The zero-order chi connectivity index (χ0) is 96.9. The first-order valence-corrected chi connectivity index (χ1v) is 42.2. The molecule has 0 atom stereocenters. The van der Waals surface area contributed by atoms with Crippen LogP contribution < -0.4 is 0 Å². The minimum absolute atomic E-state index is 0. The molecular weight excluding hydrogens is 1970 g/mol. The van der Waals surface area contributed by atoms with Gasteiger partial charge >= 0.3 is 0 Å². The number of aliphatic imine (C=N–C) groups is 1. The number of hydrogen-bond donors (Lipinski definition) is 2. The van der Waals surface area contributed by atoms with Crippen LogP contribution in [0.4, 0.5) is 0 Å². The van der Waals surface area contributed by atoms with Crippen molar-refractivity contribution in [2.24, 2.45) is 4.99 Å². The van der Waals surface area contributed by atoms with Crippen LogP contribution in [0, 0.1) is 45.0 Å². The maximum atomic E-state index is 8.38. The minimum atomic E-state index is 0. The first-order valence-electron chi connectivity index (χ1n) is 42.2. The largest absolute Gasteiger partial charge is 0.911 e. The third-order valence-electron chi connectivity index (χ3n) is 10.1. The maximum absolute atomic E-state index is 8.38. The maximum Gasteiger partial charge on any atom is 0.115 e. The number of aromatic amines is 2. The molecule has 0 saturated carbocycles. The summed E-state index contributed by atoms with van der Waals surface area (Å²) in [7, 11) is 0. The van der Waals surface area contributed by atoms with Crippen molar-refractivity contribution in [3.63, 3.8) is 0 Å². The summed E-state index contributed by atoms with van der Waals surface area (Å²) in [6.07, 6.45) is 38.2. The molecule has 0 aliphatic carbocycles. The van der Waals surface area contributed by atoms with Crippen LogP contribution in [0.1, 0.15) is 205 Å². The number of pyridine rings is 3. The molecule has 0 bridgehead atoms. The van der Waals surface area contributed by atoms with E-state index in [4.69, 9.17) is 30.6 Å². The van der Waals surface area contributed by atoms with Crippen LogP contribution in [0.15, 0.2) is 341 Å². The second-order valence-electron chi connectivity index (χ2n) is 16.6. The Kier molecular flexibility index (Phi) is 216. The molecule has 0 fully saturated rings. The summed E-state index contributed by atoms with van der Waals surface area (Å²) in [6.45, 7) is 84.3. The molecular formula is C104H150N20Y5-10. The van der Waals surface area contributed by atoms with Crippen molar-refractivity contribution in [1.82, 2.24) is 85.9 Å². The van der Waals surface area contributed by atoms with Gasteiger partial charge < -0.3 is 78.3 Å². The molecule has 15 rings (SSSR count). The summed E-state index contributed by atoms with van der Waals surface area (Å²) < 4.78 is 0. The van der Waals surface area contributed by atoms with Crippen molar-refractivity contribution in [2.45, 2.75) is 194 Å². The molecule has 0 amide bonds. The van der Waals surface area contributed by atoms with Crippen molar-refractivity contribution < 1.29 is 164 Å². The molecule has 0 aliphatic rings. The van der Waals surface area contributed by atoms with Gasteiger partial charge in [0.05, 0.1) is 28.9 Å². The van der Waals surface area contributed by atoms with Crippen molar-refractivity contribution in [2.75, 3.05) is 0 Å². The molecule has 0 spiro atoms. The Morgan fingerprint density at radius 3 is 0.876 bits per heavy atom. The van der Waals surface area contributed by atoms with Crippen LogP contribution in [0.3, 0.4) is 0 Å². The number of hydrogen-bond acceptors (Lipinski definition) is 16. The smallest absolute Gasteiger partial charge is 0.115 e. The SMILES string of the molecule is CC.CC.CC.CC.CC.CC.CC.CC.CC.CC.CC.CC.CC.CC.[CH-]=CC=[CH-].[CH-]=CC=[N-].[CH-]=CN=[CH-].[CH-]=Cc1[c-]cccc1.[N-]=Cc1[c-]cccc1.[Y].[Y].[Y].[Y].[Y].c1ccc2cnccc2c1.c1ccc2n[nH]nc2c1.c1ccc2ncccc2c1.c1ccc2nccnc2c1.c1ccncc1.c1ccnnc1.c1cn[nH]n1.c1cnccn1.c1cncnc1. The van der Waals surface area contributed by atoms with Crippen molar-refractivity contribution in [3.05, 3.63) is 403 Å². The van der Waals surface area contributed by atoms with Crippen LogP contribution in [0.2, 0.25) is 0 Å². The number of para-hydroxylation sites is 5. The fraction of sp³-hybridized carbons (Fsp3) is 0.269. The molecule has 20 nitrogen and oxygen atoms in total. The van der Waals surface area contributed by atoms with Gasteiger partial charge in [-0.1, -0.05) is 273 Å². The molecule has 129 heavy (non-hydrogen) atoms. The van der Waals surface area contributed by atoms with E-state index in [1.165, 1.54) is 40.7 Å². The Hall–Kier alpha value is -8.36. The van der Waals surface area contributed by atoms with E-state index in [9.17, 15) is 0 Å². The Morgan fingerprint density at radius 1 is 0.287 bits per heavy atom. The van der Waals surface area contributed by atoms with Gasteiger partial charge in [-0.15, -0.1) is 36.4 Å². The quantitative estimate of drug-likeness (QED) is 0.0920. The number of nitrogens with zero attached hydrogens (tertiary/aromatic N) is 18. The fourth-order valence-corrected chi connectivity index (χ4v) is 5.98. The number of fused-ring (bicyclic) bond motifs is 4. The standard InChI is InChI=1S/2C9H7N.C8H6N2.C8H6.C7H5N.C6H5N3.C5H5N.3C4H4N2.C4H4.2C3H3N.C2H3N3.14C2H6.5Y/c1-2-6-9-8(4-1)5-3-7-10-9;1-2-4-9-7-10-6-5-8(9)3-1;1-2-4-8-7(3-1)9-5-6-10-8;1-2-8-6-4-3-5-7-8;8-6-7-4-2-1-3-5-7;1-2-4-6-5(3-1)7-9-8-6;1-2-4-6-5-3-1;1-2-6-4-3-5-1;1-2-5-4-6-3-1;1-2-4-6-5-3-1;2*1-3-4-2;1-2-3-4;1-2-4-5-3-1;14*1-2;;;;;/h2*1-7H;1-6H;1-6H;1-4,6H;1-4H,(H,7,8,9);1-5H;3*1-4H;1-4H;2*1-3H;1-2H,(H,3,4,5);14*1-2H3;;;;;/q;;;2*-2;;;;;;3*-2;;;;;;;;;;;;;;;;;;;;. The van der Waals surface area contributed by atoms with Crippen LogP contribution in [-0.4, -0.2) is 105 Å². The summed E-state index contributed by atoms with van der Waals surface area (Å²) in [5.74, 6) is 0. The Bertz CT molecular complexity index is 3550. The number of allylic oxidation sites excluding steroid dienone is 3. The number of benzene rings is 6. The number of nitrogens with one attached hydrogen (secondary N) is 2. The molecule has 6 aromatic carbocycles. The van der Waals surface area contributed by atoms with Gasteiger partial charge in [0.15, 0.2) is 0 Å². The molecule has 9 heterocycles. The molecule has 0 unspecified atom stereocenters. The zero-order valence-corrected chi connectivity index (χ0v) is 97.1. The molecule has 2 N–H and O–H groups in total. The van der Waals surface area contributed by atoms with E-state index >= 15 is 0 Å². The summed E-state index contributed by atoms with van der Waals surface area (Å²) in [4.78, 5) is 37.9. The van der Waals surface area contributed by atoms with Crippen LogP contribution in [0.25, 0.3) is 60.6 Å². The fourth-order valence-electron chi connectivity index (χ4n) is 5.98. The summed E-state index contributed by atoms with van der Waals surface area (Å²) in [5, 5.41) is 46.3.